The average Bonchev–Trinajstić information content (AvgIpc) is 2.42. The first-order chi connectivity index (χ1) is 7.54. The van der Waals surface area contributed by atoms with Crippen molar-refractivity contribution in [3.8, 4) is 0 Å². The summed E-state index contributed by atoms with van der Waals surface area (Å²) in [4.78, 5) is 24.5. The molecule has 0 aromatic heterocycles. The van der Waals surface area contributed by atoms with E-state index in [2.05, 4.69) is 18.6 Å². The van der Waals surface area contributed by atoms with Crippen LogP contribution in [-0.2, 0) is 14.3 Å². The lowest BCUT2D eigenvalue weighted by Crippen LogP contribution is -2.35. The number of rotatable bonds is 3. The Labute approximate surface area is 96.9 Å². The van der Waals surface area contributed by atoms with Gasteiger partial charge in [0.25, 0.3) is 0 Å². The second kappa shape index (κ2) is 5.87. The molecule has 1 saturated heterocycles. The molecule has 1 rings (SSSR count). The van der Waals surface area contributed by atoms with Gasteiger partial charge in [-0.25, -0.2) is 0 Å². The number of methoxy groups -OCH3 is 1. The molecule has 0 spiro atoms. The number of hydrogen-bond acceptors (Lipinski definition) is 3. The van der Waals surface area contributed by atoms with Gasteiger partial charge in [0.05, 0.1) is 7.11 Å². The third-order valence-corrected chi connectivity index (χ3v) is 3.34. The van der Waals surface area contributed by atoms with Crippen molar-refractivity contribution in [3.63, 3.8) is 0 Å². The largest absolute Gasteiger partial charge is 0.468 e. The van der Waals surface area contributed by atoms with Gasteiger partial charge in [0.15, 0.2) is 0 Å². The molecule has 0 N–H and O–H groups in total. The molecular weight excluding hydrogens is 206 g/mol. The number of carbonyl (C=O) groups is 2. The number of hydrogen-bond donors (Lipinski definition) is 0. The van der Waals surface area contributed by atoms with Crippen molar-refractivity contribution >= 4 is 11.9 Å². The van der Waals surface area contributed by atoms with E-state index in [1.54, 1.807) is 4.90 Å². The van der Waals surface area contributed by atoms with Crippen LogP contribution < -0.4 is 0 Å². The van der Waals surface area contributed by atoms with Gasteiger partial charge >= 0.3 is 5.97 Å². The van der Waals surface area contributed by atoms with E-state index in [0.717, 1.165) is 12.8 Å². The fraction of sp³-hybridized carbons (Fsp3) is 0.833. The molecule has 0 saturated carbocycles. The molecular formula is C12H21NO3. The van der Waals surface area contributed by atoms with Gasteiger partial charge in [0.2, 0.25) is 5.91 Å². The van der Waals surface area contributed by atoms with Crippen molar-refractivity contribution < 1.29 is 14.3 Å². The molecule has 1 aliphatic rings. The molecule has 0 aromatic rings. The number of nitrogens with zero attached hydrogens (tertiary/aromatic N) is 1. The van der Waals surface area contributed by atoms with Crippen LogP contribution in [0.5, 0.6) is 0 Å². The van der Waals surface area contributed by atoms with Crippen LogP contribution in [0.1, 0.15) is 33.1 Å². The lowest BCUT2D eigenvalue weighted by molar-refractivity contribution is -0.146. The Balaban J connectivity index is 2.54. The van der Waals surface area contributed by atoms with Crippen LogP contribution >= 0.6 is 0 Å². The normalized spacial score (nSPS) is 22.1. The summed E-state index contributed by atoms with van der Waals surface area (Å²) >= 11 is 0. The zero-order chi connectivity index (χ0) is 12.1. The molecule has 0 bridgehead atoms. The van der Waals surface area contributed by atoms with Crippen LogP contribution in [0.4, 0.5) is 0 Å². The van der Waals surface area contributed by atoms with Crippen LogP contribution in [-0.4, -0.2) is 37.0 Å². The molecule has 1 aliphatic heterocycles. The minimum absolute atomic E-state index is 0.0774. The zero-order valence-electron chi connectivity index (χ0n) is 10.4. The fourth-order valence-electron chi connectivity index (χ4n) is 2.11. The lowest BCUT2D eigenvalue weighted by Gasteiger charge is -2.20. The predicted octanol–water partition coefficient (Wildman–Crippen LogP) is 1.44. The highest BCUT2D eigenvalue weighted by Crippen LogP contribution is 2.24. The highest BCUT2D eigenvalue weighted by Gasteiger charge is 2.25. The standard InChI is InChI=1S/C12H21NO3/c1-9(2)10-4-5-11(14)13(7-6-10)8-12(15)16-3/h9-10H,4-8H2,1-3H3. The number of esters is 1. The summed E-state index contributed by atoms with van der Waals surface area (Å²) in [5, 5.41) is 0. The molecule has 1 atom stereocenters. The molecule has 92 valence electrons. The van der Waals surface area contributed by atoms with Crippen molar-refractivity contribution in [2.45, 2.75) is 33.1 Å². The molecule has 4 nitrogen and oxygen atoms in total. The molecule has 4 heteroatoms. The molecule has 1 heterocycles. The number of carbonyl (C=O) groups excluding carboxylic acids is 2. The van der Waals surface area contributed by atoms with Crippen molar-refractivity contribution in [2.24, 2.45) is 11.8 Å². The monoisotopic (exact) mass is 227 g/mol. The number of likely N-dealkylation sites (tertiary alicyclic amines) is 1. The average molecular weight is 227 g/mol. The lowest BCUT2D eigenvalue weighted by atomic mass is 9.89. The van der Waals surface area contributed by atoms with Crippen molar-refractivity contribution in [3.05, 3.63) is 0 Å². The SMILES string of the molecule is COC(=O)CN1CCC(C(C)C)CCC1=O. The third kappa shape index (κ3) is 3.51. The van der Waals surface area contributed by atoms with Crippen LogP contribution in [0.2, 0.25) is 0 Å². The Kier molecular flexibility index (Phi) is 4.77. The fourth-order valence-corrected chi connectivity index (χ4v) is 2.11. The molecule has 16 heavy (non-hydrogen) atoms. The molecule has 0 aromatic carbocycles. The minimum atomic E-state index is -0.337. The van der Waals surface area contributed by atoms with Crippen molar-refractivity contribution in [2.75, 3.05) is 20.2 Å². The summed E-state index contributed by atoms with van der Waals surface area (Å²) in [7, 11) is 1.35. The number of amides is 1. The van der Waals surface area contributed by atoms with E-state index in [0.29, 0.717) is 24.8 Å². The van der Waals surface area contributed by atoms with Crippen LogP contribution in [0, 0.1) is 11.8 Å². The topological polar surface area (TPSA) is 46.6 Å². The second-order valence-corrected chi connectivity index (χ2v) is 4.72. The Hall–Kier alpha value is -1.06. The number of ether oxygens (including phenoxy) is 1. The quantitative estimate of drug-likeness (QED) is 0.685. The Morgan fingerprint density at radius 2 is 2.19 bits per heavy atom. The minimum Gasteiger partial charge on any atom is -0.468 e. The summed E-state index contributed by atoms with van der Waals surface area (Å²) in [6.07, 6.45) is 2.48. The third-order valence-electron chi connectivity index (χ3n) is 3.34. The van der Waals surface area contributed by atoms with Gasteiger partial charge in [-0.1, -0.05) is 13.8 Å². The maximum absolute atomic E-state index is 11.8. The molecule has 1 unspecified atom stereocenters. The smallest absolute Gasteiger partial charge is 0.325 e. The summed E-state index contributed by atoms with van der Waals surface area (Å²) < 4.78 is 4.58. The van der Waals surface area contributed by atoms with E-state index >= 15 is 0 Å². The maximum Gasteiger partial charge on any atom is 0.325 e. The van der Waals surface area contributed by atoms with Gasteiger partial charge in [-0.05, 0) is 24.7 Å². The van der Waals surface area contributed by atoms with E-state index in [1.807, 2.05) is 0 Å². The van der Waals surface area contributed by atoms with Gasteiger partial charge in [0.1, 0.15) is 6.54 Å². The molecule has 0 aliphatic carbocycles. The summed E-state index contributed by atoms with van der Waals surface area (Å²) in [5.74, 6) is 0.933. The highest BCUT2D eigenvalue weighted by molar-refractivity contribution is 5.82. The van der Waals surface area contributed by atoms with Crippen molar-refractivity contribution in [1.29, 1.82) is 0 Å². The molecule has 1 amide bonds. The van der Waals surface area contributed by atoms with Gasteiger partial charge in [-0.3, -0.25) is 9.59 Å². The van der Waals surface area contributed by atoms with E-state index < -0.39 is 0 Å². The Morgan fingerprint density at radius 1 is 1.50 bits per heavy atom. The van der Waals surface area contributed by atoms with Gasteiger partial charge in [-0.2, -0.15) is 0 Å². The van der Waals surface area contributed by atoms with Crippen LogP contribution in [0.25, 0.3) is 0 Å². The van der Waals surface area contributed by atoms with E-state index in [4.69, 9.17) is 0 Å². The Bertz CT molecular complexity index is 263. The van der Waals surface area contributed by atoms with Crippen LogP contribution in [0.15, 0.2) is 0 Å². The maximum atomic E-state index is 11.8. The summed E-state index contributed by atoms with van der Waals surface area (Å²) in [6.45, 7) is 5.15. The van der Waals surface area contributed by atoms with Gasteiger partial charge in [-0.15, -0.1) is 0 Å². The van der Waals surface area contributed by atoms with Crippen molar-refractivity contribution in [1.82, 2.24) is 4.90 Å². The van der Waals surface area contributed by atoms with Gasteiger partial charge < -0.3 is 9.64 Å². The molecule has 0 radical (unpaired) electrons. The van der Waals surface area contributed by atoms with Crippen LogP contribution in [0.3, 0.4) is 0 Å². The first-order valence-electron chi connectivity index (χ1n) is 5.89. The second-order valence-electron chi connectivity index (χ2n) is 4.72. The first-order valence-corrected chi connectivity index (χ1v) is 5.89. The molecule has 1 fully saturated rings. The van der Waals surface area contributed by atoms with Gasteiger partial charge in [0, 0.05) is 13.0 Å². The summed E-state index contributed by atoms with van der Waals surface area (Å²) in [5.41, 5.74) is 0. The van der Waals surface area contributed by atoms with E-state index in [9.17, 15) is 9.59 Å². The first kappa shape index (κ1) is 13.0. The van der Waals surface area contributed by atoms with E-state index in [-0.39, 0.29) is 18.4 Å². The Morgan fingerprint density at radius 3 is 2.75 bits per heavy atom. The highest BCUT2D eigenvalue weighted by atomic mass is 16.5. The predicted molar refractivity (Wildman–Crippen MR) is 60.8 cm³/mol. The van der Waals surface area contributed by atoms with E-state index in [1.165, 1.54) is 7.11 Å². The zero-order valence-corrected chi connectivity index (χ0v) is 10.4. The summed E-state index contributed by atoms with van der Waals surface area (Å²) in [6, 6.07) is 0.